The fourth-order valence-corrected chi connectivity index (χ4v) is 1.74. The zero-order valence-electron chi connectivity index (χ0n) is 14.5. The van der Waals surface area contributed by atoms with Crippen molar-refractivity contribution in [1.29, 1.82) is 0 Å². The zero-order chi connectivity index (χ0) is 16.8. The number of rotatable bonds is 14. The van der Waals surface area contributed by atoms with Crippen molar-refractivity contribution in [3.05, 3.63) is 0 Å². The summed E-state index contributed by atoms with van der Waals surface area (Å²) in [4.78, 5) is 11.1. The van der Waals surface area contributed by atoms with E-state index in [2.05, 4.69) is 17.6 Å². The van der Waals surface area contributed by atoms with E-state index < -0.39 is 11.8 Å². The average molecular weight is 320 g/mol. The highest BCUT2D eigenvalue weighted by atomic mass is 19.1. The molecule has 0 fully saturated rings. The maximum atomic E-state index is 14.0. The lowest BCUT2D eigenvalue weighted by Crippen LogP contribution is -2.44. The molecule has 5 nitrogen and oxygen atoms in total. The predicted octanol–water partition coefficient (Wildman–Crippen LogP) is 2.05. The van der Waals surface area contributed by atoms with Gasteiger partial charge in [0.15, 0.2) is 0 Å². The molecule has 0 rings (SSSR count). The Morgan fingerprint density at radius 2 is 1.86 bits per heavy atom. The van der Waals surface area contributed by atoms with E-state index in [1.807, 2.05) is 0 Å². The molecule has 0 aliphatic rings. The lowest BCUT2D eigenvalue weighted by atomic mass is 10.0. The summed E-state index contributed by atoms with van der Waals surface area (Å²) in [7, 11) is 0. The molecule has 1 unspecified atom stereocenters. The van der Waals surface area contributed by atoms with Crippen LogP contribution in [-0.4, -0.2) is 57.1 Å². The van der Waals surface area contributed by atoms with Crippen LogP contribution in [0.4, 0.5) is 4.39 Å². The number of halogens is 1. The summed E-state index contributed by atoms with van der Waals surface area (Å²) in [6, 6.07) is 0. The SMILES string of the molecule is CCNCCCOCCCOC(C)(C)C(F)CNC(=O)CC. The fourth-order valence-electron chi connectivity index (χ4n) is 1.74. The van der Waals surface area contributed by atoms with Crippen molar-refractivity contribution >= 4 is 5.91 Å². The summed E-state index contributed by atoms with van der Waals surface area (Å²) >= 11 is 0. The Balaban J connectivity index is 3.63. The van der Waals surface area contributed by atoms with Crippen molar-refractivity contribution < 1.29 is 18.7 Å². The third kappa shape index (κ3) is 10.9. The Morgan fingerprint density at radius 3 is 2.50 bits per heavy atom. The van der Waals surface area contributed by atoms with Gasteiger partial charge in [0.05, 0.1) is 12.1 Å². The molecule has 0 aromatic carbocycles. The molecule has 0 aliphatic heterocycles. The van der Waals surface area contributed by atoms with E-state index in [-0.39, 0.29) is 12.5 Å². The third-order valence-corrected chi connectivity index (χ3v) is 3.35. The Bertz CT molecular complexity index is 289. The molecule has 22 heavy (non-hydrogen) atoms. The molecule has 0 saturated carbocycles. The number of nitrogens with one attached hydrogen (secondary N) is 2. The van der Waals surface area contributed by atoms with Gasteiger partial charge in [0.25, 0.3) is 0 Å². The van der Waals surface area contributed by atoms with Gasteiger partial charge >= 0.3 is 0 Å². The first kappa shape index (κ1) is 21.3. The van der Waals surface area contributed by atoms with E-state index in [0.717, 1.165) is 32.5 Å². The fraction of sp³-hybridized carbons (Fsp3) is 0.938. The highest BCUT2D eigenvalue weighted by Crippen LogP contribution is 2.18. The van der Waals surface area contributed by atoms with Crippen LogP contribution in [0.15, 0.2) is 0 Å². The van der Waals surface area contributed by atoms with Gasteiger partial charge in [-0.2, -0.15) is 0 Å². The maximum Gasteiger partial charge on any atom is 0.219 e. The number of carbonyl (C=O) groups is 1. The monoisotopic (exact) mass is 320 g/mol. The van der Waals surface area contributed by atoms with Crippen molar-refractivity contribution in [1.82, 2.24) is 10.6 Å². The van der Waals surface area contributed by atoms with Crippen molar-refractivity contribution in [3.63, 3.8) is 0 Å². The molecule has 0 spiro atoms. The van der Waals surface area contributed by atoms with Gasteiger partial charge in [-0.05, 0) is 39.8 Å². The minimum atomic E-state index is -1.23. The standard InChI is InChI=1S/C16H33FN2O3/c1-5-15(20)19-13-14(17)16(3,4)22-12-8-11-21-10-7-9-18-6-2/h14,18H,5-13H2,1-4H3,(H,19,20). The average Bonchev–Trinajstić information content (AvgIpc) is 2.50. The van der Waals surface area contributed by atoms with E-state index in [9.17, 15) is 9.18 Å². The van der Waals surface area contributed by atoms with Gasteiger partial charge in [0, 0.05) is 26.2 Å². The lowest BCUT2D eigenvalue weighted by molar-refractivity contribution is -0.122. The Hall–Kier alpha value is -0.720. The second kappa shape index (κ2) is 12.8. The van der Waals surface area contributed by atoms with Crippen molar-refractivity contribution in [2.75, 3.05) is 39.5 Å². The second-order valence-electron chi connectivity index (χ2n) is 5.75. The van der Waals surface area contributed by atoms with Gasteiger partial charge in [-0.1, -0.05) is 13.8 Å². The number of hydrogen-bond acceptors (Lipinski definition) is 4. The Morgan fingerprint density at radius 1 is 1.18 bits per heavy atom. The van der Waals surface area contributed by atoms with Crippen LogP contribution in [0.5, 0.6) is 0 Å². The summed E-state index contributed by atoms with van der Waals surface area (Å²) < 4.78 is 25.1. The van der Waals surface area contributed by atoms with Gasteiger partial charge in [0.2, 0.25) is 5.91 Å². The number of hydrogen-bond donors (Lipinski definition) is 2. The van der Waals surface area contributed by atoms with E-state index in [1.54, 1.807) is 20.8 Å². The number of amides is 1. The van der Waals surface area contributed by atoms with Gasteiger partial charge in [-0.25, -0.2) is 4.39 Å². The van der Waals surface area contributed by atoms with Gasteiger partial charge in [0.1, 0.15) is 6.17 Å². The molecular weight excluding hydrogens is 287 g/mol. The highest BCUT2D eigenvalue weighted by Gasteiger charge is 2.30. The van der Waals surface area contributed by atoms with Crippen LogP contribution in [0.2, 0.25) is 0 Å². The first-order chi connectivity index (χ1) is 10.4. The van der Waals surface area contributed by atoms with Gasteiger partial charge in [-0.3, -0.25) is 4.79 Å². The lowest BCUT2D eigenvalue weighted by Gasteiger charge is -2.29. The summed E-state index contributed by atoms with van der Waals surface area (Å²) in [6.45, 7) is 10.9. The molecule has 0 radical (unpaired) electrons. The highest BCUT2D eigenvalue weighted by molar-refractivity contribution is 5.75. The molecule has 6 heteroatoms. The first-order valence-corrected chi connectivity index (χ1v) is 8.27. The molecule has 2 N–H and O–H groups in total. The van der Waals surface area contributed by atoms with E-state index in [0.29, 0.717) is 19.6 Å². The molecule has 0 aromatic heterocycles. The predicted molar refractivity (Wildman–Crippen MR) is 86.8 cm³/mol. The van der Waals surface area contributed by atoms with Crippen LogP contribution in [0, 0.1) is 0 Å². The van der Waals surface area contributed by atoms with Crippen molar-refractivity contribution in [2.45, 2.75) is 58.7 Å². The summed E-state index contributed by atoms with van der Waals surface area (Å²) in [5.41, 5.74) is -0.911. The number of alkyl halides is 1. The molecular formula is C16H33FN2O3. The summed E-state index contributed by atoms with van der Waals surface area (Å²) in [6.07, 6.45) is 0.853. The smallest absolute Gasteiger partial charge is 0.219 e. The summed E-state index contributed by atoms with van der Waals surface area (Å²) in [5.74, 6) is -0.149. The maximum absolute atomic E-state index is 14.0. The number of ether oxygens (including phenoxy) is 2. The van der Waals surface area contributed by atoms with E-state index >= 15 is 0 Å². The molecule has 0 saturated heterocycles. The normalized spacial score (nSPS) is 13.1. The molecule has 1 amide bonds. The van der Waals surface area contributed by atoms with E-state index in [4.69, 9.17) is 9.47 Å². The Kier molecular flexibility index (Phi) is 12.4. The van der Waals surface area contributed by atoms with Crippen LogP contribution < -0.4 is 10.6 Å². The van der Waals surface area contributed by atoms with Crippen molar-refractivity contribution in [3.8, 4) is 0 Å². The van der Waals surface area contributed by atoms with Crippen LogP contribution in [-0.2, 0) is 14.3 Å². The Labute approximate surface area is 134 Å². The molecule has 132 valence electrons. The minimum Gasteiger partial charge on any atom is -0.381 e. The van der Waals surface area contributed by atoms with Crippen LogP contribution in [0.25, 0.3) is 0 Å². The second-order valence-corrected chi connectivity index (χ2v) is 5.75. The largest absolute Gasteiger partial charge is 0.381 e. The van der Waals surface area contributed by atoms with Crippen LogP contribution in [0.1, 0.15) is 47.0 Å². The van der Waals surface area contributed by atoms with Crippen LogP contribution in [0.3, 0.4) is 0 Å². The first-order valence-electron chi connectivity index (χ1n) is 8.27. The molecule has 0 heterocycles. The number of carbonyl (C=O) groups excluding carboxylic acids is 1. The molecule has 1 atom stereocenters. The quantitative estimate of drug-likeness (QED) is 0.481. The van der Waals surface area contributed by atoms with Crippen LogP contribution >= 0.6 is 0 Å². The molecule has 0 aliphatic carbocycles. The van der Waals surface area contributed by atoms with Gasteiger partial charge in [-0.15, -0.1) is 0 Å². The molecule has 0 bridgehead atoms. The summed E-state index contributed by atoms with van der Waals surface area (Å²) in [5, 5.41) is 5.78. The van der Waals surface area contributed by atoms with Gasteiger partial charge < -0.3 is 20.1 Å². The minimum absolute atomic E-state index is 0.0133. The third-order valence-electron chi connectivity index (χ3n) is 3.35. The van der Waals surface area contributed by atoms with E-state index in [1.165, 1.54) is 0 Å². The molecule has 0 aromatic rings. The topological polar surface area (TPSA) is 59.6 Å². The zero-order valence-corrected chi connectivity index (χ0v) is 14.5. The van der Waals surface area contributed by atoms with Crippen molar-refractivity contribution in [2.24, 2.45) is 0 Å².